The molecule has 1 N–H and O–H groups in total. The minimum atomic E-state index is -0.833. The smallest absolute Gasteiger partial charge is 0.163 e. The molecule has 0 heterocycles. The Morgan fingerprint density at radius 3 is 2.72 bits per heavy atom. The van der Waals surface area contributed by atoms with Gasteiger partial charge in [-0.1, -0.05) is 12.8 Å². The van der Waals surface area contributed by atoms with Gasteiger partial charge in [0.25, 0.3) is 0 Å². The predicted molar refractivity (Wildman–Crippen MR) is 65.3 cm³/mol. The molecule has 0 amide bonds. The van der Waals surface area contributed by atoms with E-state index >= 15 is 0 Å². The fourth-order valence-corrected chi connectivity index (χ4v) is 2.30. The number of ketones is 1. The first-order valence-corrected chi connectivity index (χ1v) is 6.16. The van der Waals surface area contributed by atoms with Gasteiger partial charge in [-0.2, -0.15) is 0 Å². The summed E-state index contributed by atoms with van der Waals surface area (Å²) in [5.41, 5.74) is -0.488. The van der Waals surface area contributed by atoms with Crippen LogP contribution in [-0.2, 0) is 0 Å². The van der Waals surface area contributed by atoms with Crippen molar-refractivity contribution in [3.63, 3.8) is 0 Å². The number of carbonyl (C=O) groups excluding carboxylic acids is 1. The van der Waals surface area contributed by atoms with Crippen LogP contribution in [0.5, 0.6) is 5.75 Å². The second-order valence-electron chi connectivity index (χ2n) is 4.92. The molecular formula is C14H17FO3. The third kappa shape index (κ3) is 2.88. The van der Waals surface area contributed by atoms with E-state index in [1.54, 1.807) is 0 Å². The van der Waals surface area contributed by atoms with Crippen molar-refractivity contribution in [3.8, 4) is 5.75 Å². The van der Waals surface area contributed by atoms with E-state index in [9.17, 15) is 14.3 Å². The Kier molecular flexibility index (Phi) is 3.66. The van der Waals surface area contributed by atoms with Crippen LogP contribution in [0, 0.1) is 5.82 Å². The van der Waals surface area contributed by atoms with Crippen molar-refractivity contribution in [2.75, 3.05) is 6.61 Å². The van der Waals surface area contributed by atoms with Crippen molar-refractivity contribution in [2.45, 2.75) is 38.2 Å². The molecule has 18 heavy (non-hydrogen) atoms. The largest absolute Gasteiger partial charge is 0.490 e. The van der Waals surface area contributed by atoms with Gasteiger partial charge >= 0.3 is 0 Å². The van der Waals surface area contributed by atoms with Crippen LogP contribution in [0.3, 0.4) is 0 Å². The van der Waals surface area contributed by atoms with E-state index < -0.39 is 11.4 Å². The molecule has 0 radical (unpaired) electrons. The van der Waals surface area contributed by atoms with Gasteiger partial charge in [0, 0.05) is 6.07 Å². The van der Waals surface area contributed by atoms with Gasteiger partial charge in [0.15, 0.2) is 5.78 Å². The van der Waals surface area contributed by atoms with Crippen LogP contribution in [0.15, 0.2) is 18.2 Å². The number of benzene rings is 1. The van der Waals surface area contributed by atoms with Gasteiger partial charge in [0.2, 0.25) is 0 Å². The zero-order valence-corrected chi connectivity index (χ0v) is 10.4. The number of hydrogen-bond donors (Lipinski definition) is 1. The maximum Gasteiger partial charge on any atom is 0.163 e. The Labute approximate surface area is 106 Å². The lowest BCUT2D eigenvalue weighted by atomic mass is 10.0. The van der Waals surface area contributed by atoms with Crippen molar-refractivity contribution in [1.82, 2.24) is 0 Å². The molecule has 98 valence electrons. The van der Waals surface area contributed by atoms with Crippen LogP contribution < -0.4 is 4.74 Å². The Morgan fingerprint density at radius 2 is 2.11 bits per heavy atom. The van der Waals surface area contributed by atoms with Crippen LogP contribution in [-0.4, -0.2) is 23.1 Å². The quantitative estimate of drug-likeness (QED) is 0.838. The standard InChI is InChI=1S/C14H17FO3/c1-10(16)12-5-4-11(15)8-13(12)18-9-14(17)6-2-3-7-14/h4-5,8,17H,2-3,6-7,9H2,1H3. The Hall–Kier alpha value is -1.42. The maximum atomic E-state index is 13.2. The van der Waals surface area contributed by atoms with Gasteiger partial charge in [-0.05, 0) is 31.9 Å². The summed E-state index contributed by atoms with van der Waals surface area (Å²) in [6.45, 7) is 1.51. The Balaban J connectivity index is 2.12. The molecule has 1 fully saturated rings. The first-order chi connectivity index (χ1) is 8.50. The summed E-state index contributed by atoms with van der Waals surface area (Å²) in [7, 11) is 0. The molecule has 0 spiro atoms. The van der Waals surface area contributed by atoms with Crippen LogP contribution in [0.2, 0.25) is 0 Å². The molecule has 1 aromatic rings. The normalized spacial score (nSPS) is 17.7. The molecule has 4 heteroatoms. The molecule has 0 aliphatic heterocycles. The molecule has 0 aromatic heterocycles. The molecule has 3 nitrogen and oxygen atoms in total. The fourth-order valence-electron chi connectivity index (χ4n) is 2.30. The molecule has 1 aliphatic carbocycles. The average molecular weight is 252 g/mol. The van der Waals surface area contributed by atoms with Crippen molar-refractivity contribution < 1.29 is 19.0 Å². The van der Waals surface area contributed by atoms with Crippen LogP contribution in [0.25, 0.3) is 0 Å². The van der Waals surface area contributed by atoms with E-state index in [2.05, 4.69) is 0 Å². The highest BCUT2D eigenvalue weighted by molar-refractivity contribution is 5.96. The second-order valence-corrected chi connectivity index (χ2v) is 4.92. The lowest BCUT2D eigenvalue weighted by molar-refractivity contribution is 0.00107. The second kappa shape index (κ2) is 5.06. The zero-order chi connectivity index (χ0) is 13.2. The summed E-state index contributed by atoms with van der Waals surface area (Å²) in [4.78, 5) is 11.4. The van der Waals surface area contributed by atoms with Crippen molar-refractivity contribution in [2.24, 2.45) is 0 Å². The lowest BCUT2D eigenvalue weighted by Crippen LogP contribution is -2.32. The number of halogens is 1. The zero-order valence-electron chi connectivity index (χ0n) is 10.4. The van der Waals surface area contributed by atoms with E-state index in [1.807, 2.05) is 0 Å². The summed E-state index contributed by atoms with van der Waals surface area (Å²) in [5, 5.41) is 10.1. The molecular weight excluding hydrogens is 235 g/mol. The molecule has 1 aliphatic rings. The highest BCUT2D eigenvalue weighted by atomic mass is 19.1. The maximum absolute atomic E-state index is 13.2. The summed E-state index contributed by atoms with van der Waals surface area (Å²) < 4.78 is 18.6. The van der Waals surface area contributed by atoms with Gasteiger partial charge in [-0.3, -0.25) is 4.79 Å². The van der Waals surface area contributed by atoms with Crippen LogP contribution in [0.4, 0.5) is 4.39 Å². The summed E-state index contributed by atoms with van der Waals surface area (Å²) in [6, 6.07) is 3.83. The van der Waals surface area contributed by atoms with E-state index in [-0.39, 0.29) is 18.1 Å². The number of aliphatic hydroxyl groups is 1. The highest BCUT2D eigenvalue weighted by Crippen LogP contribution is 2.31. The molecule has 2 rings (SSSR count). The summed E-state index contributed by atoms with van der Waals surface area (Å²) >= 11 is 0. The summed E-state index contributed by atoms with van der Waals surface area (Å²) in [5.74, 6) is -0.417. The Bertz CT molecular complexity index is 450. The topological polar surface area (TPSA) is 46.5 Å². The number of Topliss-reactive ketones (excluding diaryl/α,β-unsaturated/α-hetero) is 1. The molecule has 1 saturated carbocycles. The van der Waals surface area contributed by atoms with Crippen LogP contribution >= 0.6 is 0 Å². The first kappa shape index (κ1) is 13.0. The SMILES string of the molecule is CC(=O)c1ccc(F)cc1OCC1(O)CCCC1. The molecule has 0 bridgehead atoms. The minimum absolute atomic E-state index is 0.108. The van der Waals surface area contributed by atoms with E-state index in [4.69, 9.17) is 4.74 Å². The van der Waals surface area contributed by atoms with E-state index in [0.29, 0.717) is 18.4 Å². The van der Waals surface area contributed by atoms with Crippen molar-refractivity contribution >= 4 is 5.78 Å². The molecule has 0 saturated heterocycles. The number of rotatable bonds is 4. The van der Waals surface area contributed by atoms with Gasteiger partial charge < -0.3 is 9.84 Å². The Morgan fingerprint density at radius 1 is 1.44 bits per heavy atom. The van der Waals surface area contributed by atoms with Crippen LogP contribution in [0.1, 0.15) is 43.0 Å². The average Bonchev–Trinajstić information content (AvgIpc) is 2.74. The van der Waals surface area contributed by atoms with Gasteiger partial charge in [-0.25, -0.2) is 4.39 Å². The summed E-state index contributed by atoms with van der Waals surface area (Å²) in [6.07, 6.45) is 3.33. The predicted octanol–water partition coefficient (Wildman–Crippen LogP) is 2.71. The molecule has 0 atom stereocenters. The van der Waals surface area contributed by atoms with Gasteiger partial charge in [0.05, 0.1) is 11.2 Å². The molecule has 0 unspecified atom stereocenters. The third-order valence-electron chi connectivity index (χ3n) is 3.35. The van der Waals surface area contributed by atoms with E-state index in [1.165, 1.54) is 25.1 Å². The highest BCUT2D eigenvalue weighted by Gasteiger charge is 2.32. The fraction of sp³-hybridized carbons (Fsp3) is 0.500. The number of ether oxygens (including phenoxy) is 1. The van der Waals surface area contributed by atoms with E-state index in [0.717, 1.165) is 12.8 Å². The van der Waals surface area contributed by atoms with Gasteiger partial charge in [-0.15, -0.1) is 0 Å². The lowest BCUT2D eigenvalue weighted by Gasteiger charge is -2.22. The number of hydrogen-bond acceptors (Lipinski definition) is 3. The van der Waals surface area contributed by atoms with Crippen molar-refractivity contribution in [1.29, 1.82) is 0 Å². The van der Waals surface area contributed by atoms with Crippen molar-refractivity contribution in [3.05, 3.63) is 29.6 Å². The first-order valence-electron chi connectivity index (χ1n) is 6.16. The van der Waals surface area contributed by atoms with Gasteiger partial charge in [0.1, 0.15) is 18.2 Å². The monoisotopic (exact) mass is 252 g/mol. The number of carbonyl (C=O) groups is 1. The minimum Gasteiger partial charge on any atom is -0.490 e. The molecule has 1 aromatic carbocycles. The third-order valence-corrected chi connectivity index (χ3v) is 3.35.